The Morgan fingerprint density at radius 2 is 1.96 bits per heavy atom. The summed E-state index contributed by atoms with van der Waals surface area (Å²) in [7, 11) is 0. The molecule has 2 N–H and O–H groups in total. The number of hydrogen-bond donors (Lipinski definition) is 2. The average Bonchev–Trinajstić information content (AvgIpc) is 2.93. The summed E-state index contributed by atoms with van der Waals surface area (Å²) in [6.07, 6.45) is -0.780. The number of benzene rings is 2. The van der Waals surface area contributed by atoms with Crippen LogP contribution in [0.4, 0.5) is 9.18 Å². The van der Waals surface area contributed by atoms with Gasteiger partial charge in [0.15, 0.2) is 5.54 Å². The number of aliphatic hydroxyl groups is 1. The molecule has 0 bridgehead atoms. The molecule has 0 unspecified atom stereocenters. The van der Waals surface area contributed by atoms with E-state index in [-0.39, 0.29) is 13.2 Å². The predicted molar refractivity (Wildman–Crippen MR) is 96.4 cm³/mol. The first-order valence-corrected chi connectivity index (χ1v) is 8.92. The van der Waals surface area contributed by atoms with Crippen molar-refractivity contribution < 1.29 is 28.6 Å². The molecule has 28 heavy (non-hydrogen) atoms. The van der Waals surface area contributed by atoms with Crippen molar-refractivity contribution in [2.24, 2.45) is 0 Å². The van der Waals surface area contributed by atoms with Crippen molar-refractivity contribution in [1.82, 2.24) is 10.2 Å². The van der Waals surface area contributed by atoms with Crippen LogP contribution in [0.2, 0.25) is 0 Å². The summed E-state index contributed by atoms with van der Waals surface area (Å²) in [6, 6.07) is 11.9. The van der Waals surface area contributed by atoms with Crippen molar-refractivity contribution in [1.29, 1.82) is 0 Å². The van der Waals surface area contributed by atoms with Crippen LogP contribution in [0.5, 0.6) is 11.5 Å². The number of aliphatic hydroxyl groups excluding tert-OH is 1. The number of halogens is 1. The fraction of sp³-hybridized carbons (Fsp3) is 0.300. The number of nitrogens with one attached hydrogen (secondary N) is 1. The van der Waals surface area contributed by atoms with E-state index in [4.69, 9.17) is 9.47 Å². The van der Waals surface area contributed by atoms with E-state index in [9.17, 15) is 19.1 Å². The zero-order valence-electron chi connectivity index (χ0n) is 14.9. The number of ether oxygens (including phenoxy) is 2. The Morgan fingerprint density at radius 3 is 2.75 bits per heavy atom. The first-order valence-electron chi connectivity index (χ1n) is 8.92. The molecule has 2 aromatic rings. The lowest BCUT2D eigenvalue weighted by Crippen LogP contribution is -2.48. The monoisotopic (exact) mass is 386 g/mol. The number of para-hydroxylation sites is 1. The molecule has 7 nitrogen and oxygen atoms in total. The van der Waals surface area contributed by atoms with Gasteiger partial charge in [0.1, 0.15) is 30.0 Å². The second kappa shape index (κ2) is 7.12. The van der Waals surface area contributed by atoms with Gasteiger partial charge in [-0.1, -0.05) is 18.2 Å². The SMILES string of the molecule is O=C1N[C@@]2(CCOc3ccccc32)C(=O)N1C[C@@H](O)COc1ccc(F)cc1. The lowest BCUT2D eigenvalue weighted by atomic mass is 9.84. The number of β-amino-alcohol motifs (C(OH)–C–C–N with tert-alkyl or cyclic N) is 1. The van der Waals surface area contributed by atoms with Gasteiger partial charge in [-0.25, -0.2) is 9.18 Å². The minimum atomic E-state index is -1.18. The molecule has 4 rings (SSSR count). The summed E-state index contributed by atoms with van der Waals surface area (Å²) in [6.45, 7) is -0.0564. The Kier molecular flexibility index (Phi) is 4.64. The standard InChI is InChI=1S/C20H19FN2O5/c21-13-5-7-15(8-6-13)28-12-14(24)11-23-18(25)20(22-19(23)26)9-10-27-17-4-2-1-3-16(17)20/h1-8,14,24H,9-12H2,(H,22,26)/t14-,20-/m1/s1. The smallest absolute Gasteiger partial charge is 0.325 e. The van der Waals surface area contributed by atoms with Crippen LogP contribution < -0.4 is 14.8 Å². The molecular formula is C20H19FN2O5. The van der Waals surface area contributed by atoms with Gasteiger partial charge in [-0.15, -0.1) is 0 Å². The van der Waals surface area contributed by atoms with Gasteiger partial charge in [0, 0.05) is 12.0 Å². The fourth-order valence-corrected chi connectivity index (χ4v) is 3.52. The summed E-state index contributed by atoms with van der Waals surface area (Å²) in [5.41, 5.74) is -0.567. The predicted octanol–water partition coefficient (Wildman–Crippen LogP) is 1.80. The quantitative estimate of drug-likeness (QED) is 0.765. The fourth-order valence-electron chi connectivity index (χ4n) is 3.52. The summed E-state index contributed by atoms with van der Waals surface area (Å²) in [5.74, 6) is 0.125. The van der Waals surface area contributed by atoms with Gasteiger partial charge in [0.25, 0.3) is 5.91 Å². The molecule has 2 aliphatic heterocycles. The molecule has 0 radical (unpaired) electrons. The molecule has 2 aliphatic rings. The van der Waals surface area contributed by atoms with E-state index < -0.39 is 29.4 Å². The highest BCUT2D eigenvalue weighted by atomic mass is 19.1. The Labute approximate surface area is 160 Å². The second-order valence-electron chi connectivity index (χ2n) is 6.76. The second-order valence-corrected chi connectivity index (χ2v) is 6.76. The van der Waals surface area contributed by atoms with Crippen molar-refractivity contribution in [2.75, 3.05) is 19.8 Å². The van der Waals surface area contributed by atoms with Gasteiger partial charge >= 0.3 is 6.03 Å². The van der Waals surface area contributed by atoms with Crippen molar-refractivity contribution >= 4 is 11.9 Å². The number of fused-ring (bicyclic) bond motifs is 2. The third-order valence-electron chi connectivity index (χ3n) is 4.91. The highest BCUT2D eigenvalue weighted by Gasteiger charge is 2.55. The van der Waals surface area contributed by atoms with E-state index in [1.807, 2.05) is 0 Å². The van der Waals surface area contributed by atoms with E-state index in [1.165, 1.54) is 24.3 Å². The maximum atomic E-state index is 13.1. The maximum absolute atomic E-state index is 13.1. The van der Waals surface area contributed by atoms with Crippen LogP contribution in [0, 0.1) is 5.82 Å². The third-order valence-corrected chi connectivity index (χ3v) is 4.91. The molecule has 0 saturated carbocycles. The van der Waals surface area contributed by atoms with Crippen LogP contribution in [0.1, 0.15) is 12.0 Å². The number of rotatable bonds is 5. The van der Waals surface area contributed by atoms with Crippen molar-refractivity contribution in [2.45, 2.75) is 18.1 Å². The normalized spacial score (nSPS) is 21.9. The molecule has 0 aromatic heterocycles. The van der Waals surface area contributed by atoms with Crippen LogP contribution in [0.25, 0.3) is 0 Å². The summed E-state index contributed by atoms with van der Waals surface area (Å²) in [5, 5.41) is 13.0. The number of imide groups is 1. The maximum Gasteiger partial charge on any atom is 0.325 e. The molecule has 8 heteroatoms. The molecule has 1 saturated heterocycles. The van der Waals surface area contributed by atoms with E-state index in [0.29, 0.717) is 30.1 Å². The first kappa shape index (κ1) is 18.2. The van der Waals surface area contributed by atoms with E-state index in [2.05, 4.69) is 5.32 Å². The van der Waals surface area contributed by atoms with Crippen LogP contribution in [-0.2, 0) is 10.3 Å². The lowest BCUT2D eigenvalue weighted by molar-refractivity contribution is -0.133. The largest absolute Gasteiger partial charge is 0.493 e. The third kappa shape index (κ3) is 3.16. The molecule has 3 amide bonds. The zero-order chi connectivity index (χ0) is 19.7. The van der Waals surface area contributed by atoms with Crippen molar-refractivity contribution in [3.8, 4) is 11.5 Å². The first-order chi connectivity index (χ1) is 13.5. The van der Waals surface area contributed by atoms with Crippen molar-refractivity contribution in [3.63, 3.8) is 0 Å². The van der Waals surface area contributed by atoms with Gasteiger partial charge < -0.3 is 19.9 Å². The van der Waals surface area contributed by atoms with Crippen LogP contribution in [-0.4, -0.2) is 47.8 Å². The number of urea groups is 1. The lowest BCUT2D eigenvalue weighted by Gasteiger charge is -2.33. The van der Waals surface area contributed by atoms with Gasteiger partial charge in [0.2, 0.25) is 0 Å². The molecule has 2 aromatic carbocycles. The number of hydrogen-bond acceptors (Lipinski definition) is 5. The van der Waals surface area contributed by atoms with Gasteiger partial charge in [-0.2, -0.15) is 0 Å². The Bertz CT molecular complexity index is 904. The topological polar surface area (TPSA) is 88.1 Å². The number of nitrogens with zero attached hydrogens (tertiary/aromatic N) is 1. The van der Waals surface area contributed by atoms with Crippen LogP contribution in [0.15, 0.2) is 48.5 Å². The summed E-state index contributed by atoms with van der Waals surface area (Å²) < 4.78 is 23.9. The zero-order valence-corrected chi connectivity index (χ0v) is 14.9. The highest BCUT2D eigenvalue weighted by molar-refractivity contribution is 6.08. The Morgan fingerprint density at radius 1 is 1.21 bits per heavy atom. The number of amides is 3. The van der Waals surface area contributed by atoms with E-state index in [0.717, 1.165) is 4.90 Å². The molecule has 146 valence electrons. The van der Waals surface area contributed by atoms with Crippen molar-refractivity contribution in [3.05, 3.63) is 59.9 Å². The Balaban J connectivity index is 1.45. The molecule has 2 heterocycles. The number of carbonyl (C=O) groups is 2. The van der Waals surface area contributed by atoms with Gasteiger partial charge in [-0.3, -0.25) is 9.69 Å². The molecule has 1 spiro atoms. The minimum absolute atomic E-state index is 0.143. The molecular weight excluding hydrogens is 367 g/mol. The Hall–Kier alpha value is -3.13. The van der Waals surface area contributed by atoms with E-state index in [1.54, 1.807) is 24.3 Å². The van der Waals surface area contributed by atoms with Gasteiger partial charge in [0.05, 0.1) is 13.2 Å². The van der Waals surface area contributed by atoms with Crippen LogP contribution >= 0.6 is 0 Å². The molecule has 2 atom stereocenters. The number of carbonyl (C=O) groups excluding carboxylic acids is 2. The van der Waals surface area contributed by atoms with Crippen LogP contribution in [0.3, 0.4) is 0 Å². The van der Waals surface area contributed by atoms with Gasteiger partial charge in [-0.05, 0) is 30.3 Å². The minimum Gasteiger partial charge on any atom is -0.493 e. The average molecular weight is 386 g/mol. The molecule has 0 aliphatic carbocycles. The highest BCUT2D eigenvalue weighted by Crippen LogP contribution is 2.40. The summed E-state index contributed by atoms with van der Waals surface area (Å²) in [4.78, 5) is 26.6. The summed E-state index contributed by atoms with van der Waals surface area (Å²) >= 11 is 0. The van der Waals surface area contributed by atoms with E-state index >= 15 is 0 Å². The molecule has 1 fully saturated rings.